The Bertz CT molecular complexity index is 924. The molecule has 1 aromatic carbocycles. The molecule has 1 heterocycles. The SMILES string of the molecule is CC#CC[C@H](C)[C@H](O)C=C[C@@H]1[C@H]2c3cccc(CCCC(=O)N(CCC)CCC)c3O[C@H]2C[C@H]1O. The molecule has 1 aromatic rings. The Morgan fingerprint density at radius 2 is 2.03 bits per heavy atom. The van der Waals surface area contributed by atoms with E-state index in [1.807, 2.05) is 24.0 Å². The number of hydrogen-bond acceptors (Lipinski definition) is 4. The van der Waals surface area contributed by atoms with E-state index in [1.165, 1.54) is 0 Å². The molecule has 0 aromatic heterocycles. The maximum absolute atomic E-state index is 12.7. The smallest absolute Gasteiger partial charge is 0.222 e. The molecule has 2 N–H and O–H groups in total. The van der Waals surface area contributed by atoms with E-state index in [-0.39, 0.29) is 29.8 Å². The maximum Gasteiger partial charge on any atom is 0.222 e. The maximum atomic E-state index is 12.7. The van der Waals surface area contributed by atoms with Crippen LogP contribution < -0.4 is 4.74 Å². The van der Waals surface area contributed by atoms with Crippen molar-refractivity contribution in [1.82, 2.24) is 4.90 Å². The van der Waals surface area contributed by atoms with E-state index in [0.717, 1.165) is 55.6 Å². The van der Waals surface area contributed by atoms with Crippen molar-refractivity contribution in [1.29, 1.82) is 0 Å². The number of para-hydroxylation sites is 1. The minimum atomic E-state index is -0.590. The quantitative estimate of drug-likeness (QED) is 0.331. The number of rotatable bonds is 12. The fraction of sp³-hybridized carbons (Fsp3) is 0.633. The fourth-order valence-corrected chi connectivity index (χ4v) is 5.47. The number of benzene rings is 1. The average Bonchev–Trinajstić information content (AvgIpc) is 3.35. The van der Waals surface area contributed by atoms with Crippen molar-refractivity contribution in [2.45, 2.75) is 96.9 Å². The fourth-order valence-electron chi connectivity index (χ4n) is 5.47. The van der Waals surface area contributed by atoms with Gasteiger partial charge < -0.3 is 19.8 Å². The summed E-state index contributed by atoms with van der Waals surface area (Å²) < 4.78 is 6.38. The predicted molar refractivity (Wildman–Crippen MR) is 140 cm³/mol. The first-order chi connectivity index (χ1) is 16.9. The highest BCUT2D eigenvalue weighted by molar-refractivity contribution is 5.76. The first-order valence-electron chi connectivity index (χ1n) is 13.4. The topological polar surface area (TPSA) is 70.0 Å². The van der Waals surface area contributed by atoms with E-state index in [4.69, 9.17) is 4.74 Å². The molecule has 1 amide bonds. The van der Waals surface area contributed by atoms with E-state index < -0.39 is 12.2 Å². The van der Waals surface area contributed by atoms with Crippen LogP contribution in [-0.2, 0) is 11.2 Å². The van der Waals surface area contributed by atoms with Crippen molar-refractivity contribution in [3.63, 3.8) is 0 Å². The van der Waals surface area contributed by atoms with Crippen LogP contribution in [0.5, 0.6) is 5.75 Å². The summed E-state index contributed by atoms with van der Waals surface area (Å²) in [5, 5.41) is 21.3. The molecule has 35 heavy (non-hydrogen) atoms. The summed E-state index contributed by atoms with van der Waals surface area (Å²) in [4.78, 5) is 14.6. The molecule has 1 aliphatic carbocycles. The van der Waals surface area contributed by atoms with Gasteiger partial charge in [0.25, 0.3) is 0 Å². The van der Waals surface area contributed by atoms with Gasteiger partial charge in [0.1, 0.15) is 11.9 Å². The van der Waals surface area contributed by atoms with Crippen LogP contribution in [0.3, 0.4) is 0 Å². The molecule has 0 unspecified atom stereocenters. The Hall–Kier alpha value is -2.29. The molecule has 1 aliphatic heterocycles. The van der Waals surface area contributed by atoms with E-state index in [2.05, 4.69) is 43.9 Å². The van der Waals surface area contributed by atoms with Crippen LogP contribution in [0.2, 0.25) is 0 Å². The van der Waals surface area contributed by atoms with Crippen LogP contribution in [0.1, 0.15) is 83.3 Å². The van der Waals surface area contributed by atoms with Crippen LogP contribution in [0, 0.1) is 23.7 Å². The Balaban J connectivity index is 1.66. The zero-order valence-corrected chi connectivity index (χ0v) is 21.9. The number of ether oxygens (including phenoxy) is 1. The van der Waals surface area contributed by atoms with Gasteiger partial charge in [-0.1, -0.05) is 51.1 Å². The van der Waals surface area contributed by atoms with Crippen LogP contribution >= 0.6 is 0 Å². The van der Waals surface area contributed by atoms with Gasteiger partial charge in [-0.2, -0.15) is 0 Å². The van der Waals surface area contributed by atoms with Crippen LogP contribution in [0.4, 0.5) is 0 Å². The summed E-state index contributed by atoms with van der Waals surface area (Å²) >= 11 is 0. The molecule has 0 bridgehead atoms. The number of amides is 1. The van der Waals surface area contributed by atoms with Crippen molar-refractivity contribution < 1.29 is 19.7 Å². The van der Waals surface area contributed by atoms with Crippen LogP contribution in [-0.4, -0.2) is 52.4 Å². The number of fused-ring (bicyclic) bond motifs is 3. The third-order valence-corrected chi connectivity index (χ3v) is 7.38. The highest BCUT2D eigenvalue weighted by Crippen LogP contribution is 2.52. The summed E-state index contributed by atoms with van der Waals surface area (Å²) in [5.74, 6) is 7.12. The molecule has 5 nitrogen and oxygen atoms in total. The summed E-state index contributed by atoms with van der Waals surface area (Å²) in [7, 11) is 0. The lowest BCUT2D eigenvalue weighted by molar-refractivity contribution is -0.131. The first-order valence-corrected chi connectivity index (χ1v) is 13.4. The van der Waals surface area contributed by atoms with Crippen LogP contribution in [0.25, 0.3) is 0 Å². The molecule has 0 saturated heterocycles. The number of carbonyl (C=O) groups excluding carboxylic acids is 1. The van der Waals surface area contributed by atoms with E-state index in [1.54, 1.807) is 6.92 Å². The second-order valence-electron chi connectivity index (χ2n) is 10.1. The highest BCUT2D eigenvalue weighted by atomic mass is 16.5. The molecule has 6 atom stereocenters. The van der Waals surface area contributed by atoms with Crippen LogP contribution in [0.15, 0.2) is 30.4 Å². The third-order valence-electron chi connectivity index (χ3n) is 7.38. The molecule has 5 heteroatoms. The molecule has 0 radical (unpaired) electrons. The van der Waals surface area contributed by atoms with Crippen molar-refractivity contribution >= 4 is 5.91 Å². The Morgan fingerprint density at radius 3 is 2.71 bits per heavy atom. The van der Waals surface area contributed by atoms with Crippen molar-refractivity contribution in [3.8, 4) is 17.6 Å². The van der Waals surface area contributed by atoms with E-state index >= 15 is 0 Å². The van der Waals surface area contributed by atoms with Gasteiger partial charge in [-0.05, 0) is 44.1 Å². The monoisotopic (exact) mass is 481 g/mol. The largest absolute Gasteiger partial charge is 0.489 e. The highest BCUT2D eigenvalue weighted by Gasteiger charge is 2.48. The number of hydrogen-bond donors (Lipinski definition) is 2. The van der Waals surface area contributed by atoms with Gasteiger partial charge in [-0.3, -0.25) is 4.79 Å². The molecule has 1 saturated carbocycles. The molecule has 1 fully saturated rings. The van der Waals surface area contributed by atoms with E-state index in [9.17, 15) is 15.0 Å². The number of aliphatic hydroxyl groups is 2. The second kappa shape index (κ2) is 13.1. The van der Waals surface area contributed by atoms with Gasteiger partial charge in [0, 0.05) is 49.8 Å². The Morgan fingerprint density at radius 1 is 1.29 bits per heavy atom. The lowest BCUT2D eigenvalue weighted by Gasteiger charge is -2.21. The lowest BCUT2D eigenvalue weighted by atomic mass is 9.86. The van der Waals surface area contributed by atoms with E-state index in [0.29, 0.717) is 19.3 Å². The zero-order valence-electron chi connectivity index (χ0n) is 21.9. The standard InChI is InChI=1S/C30H43NO4/c1-5-8-11-21(4)25(32)17-16-23-26(33)20-27-29(23)24-14-9-12-22(30(24)35-27)13-10-15-28(34)31(18-6-2)19-7-3/h9,12,14,16-17,21,23,25-27,29,32-33H,6-7,10-11,13,15,18-20H2,1-4H3/t21-,23-,25+,26+,27-,29-/m0/s1. The zero-order chi connectivity index (χ0) is 25.4. The van der Waals surface area contributed by atoms with Gasteiger partial charge >= 0.3 is 0 Å². The summed E-state index contributed by atoms with van der Waals surface area (Å²) in [5.41, 5.74) is 2.29. The molecule has 3 rings (SSSR count). The van der Waals surface area contributed by atoms with Gasteiger partial charge in [-0.25, -0.2) is 0 Å². The molecular formula is C30H43NO4. The van der Waals surface area contributed by atoms with Gasteiger partial charge in [0.15, 0.2) is 0 Å². The van der Waals surface area contributed by atoms with Gasteiger partial charge in [-0.15, -0.1) is 11.8 Å². The van der Waals surface area contributed by atoms with Gasteiger partial charge in [0.2, 0.25) is 5.91 Å². The Labute approximate surface area is 211 Å². The molecule has 0 spiro atoms. The first kappa shape index (κ1) is 27.3. The summed E-state index contributed by atoms with van der Waals surface area (Å²) in [6.45, 7) is 9.68. The molecule has 2 aliphatic rings. The number of aliphatic hydroxyl groups excluding tert-OH is 2. The minimum Gasteiger partial charge on any atom is -0.489 e. The van der Waals surface area contributed by atoms with Crippen molar-refractivity contribution in [2.24, 2.45) is 11.8 Å². The molecular weight excluding hydrogens is 438 g/mol. The van der Waals surface area contributed by atoms with Crippen molar-refractivity contribution in [3.05, 3.63) is 41.5 Å². The predicted octanol–water partition coefficient (Wildman–Crippen LogP) is 4.85. The van der Waals surface area contributed by atoms with Crippen molar-refractivity contribution in [2.75, 3.05) is 13.1 Å². The Kier molecular flexibility index (Phi) is 10.2. The normalized spacial score (nSPS) is 24.3. The number of carbonyl (C=O) groups is 1. The lowest BCUT2D eigenvalue weighted by Crippen LogP contribution is -2.32. The number of nitrogens with zero attached hydrogens (tertiary/aromatic N) is 1. The molecule has 192 valence electrons. The number of aryl methyl sites for hydroxylation is 1. The second-order valence-corrected chi connectivity index (χ2v) is 10.1. The minimum absolute atomic E-state index is 0.0417. The summed E-state index contributed by atoms with van der Waals surface area (Å²) in [6, 6.07) is 6.27. The third kappa shape index (κ3) is 6.68. The summed E-state index contributed by atoms with van der Waals surface area (Å²) in [6.07, 6.45) is 8.03. The van der Waals surface area contributed by atoms with Gasteiger partial charge in [0.05, 0.1) is 12.2 Å². The average molecular weight is 482 g/mol.